The van der Waals surface area contributed by atoms with Crippen molar-refractivity contribution in [1.82, 2.24) is 5.32 Å². The van der Waals surface area contributed by atoms with Gasteiger partial charge in [0.2, 0.25) is 0 Å². The Kier molecular flexibility index (Phi) is 5.29. The first-order chi connectivity index (χ1) is 7.78. The average Bonchev–Trinajstić information content (AvgIpc) is 2.18. The number of nitrogens with one attached hydrogen (secondary N) is 1. The van der Waals surface area contributed by atoms with Gasteiger partial charge >= 0.3 is 0 Å². The normalized spacial score (nSPS) is 13.5. The van der Waals surface area contributed by atoms with Crippen LogP contribution in [0, 0.1) is 0 Å². The van der Waals surface area contributed by atoms with Gasteiger partial charge in [-0.3, -0.25) is 0 Å². The van der Waals surface area contributed by atoms with Gasteiger partial charge < -0.3 is 10.1 Å². The van der Waals surface area contributed by atoms with Crippen molar-refractivity contribution >= 4 is 27.5 Å². The second-order valence-corrected chi connectivity index (χ2v) is 6.46. The molecule has 0 radical (unpaired) electrons. The maximum atomic E-state index is 6.09. The lowest BCUT2D eigenvalue weighted by atomic mass is 10.1. The lowest BCUT2D eigenvalue weighted by molar-refractivity contribution is 0.203. The van der Waals surface area contributed by atoms with Crippen molar-refractivity contribution in [3.05, 3.63) is 27.7 Å². The number of hydrogen-bond donors (Lipinski definition) is 1. The highest BCUT2D eigenvalue weighted by Gasteiger charge is 2.13. The minimum atomic E-state index is 0.0768. The van der Waals surface area contributed by atoms with Crippen molar-refractivity contribution in [1.29, 1.82) is 0 Å². The van der Waals surface area contributed by atoms with E-state index < -0.39 is 0 Å². The average molecular weight is 321 g/mol. The molecule has 0 aliphatic heterocycles. The van der Waals surface area contributed by atoms with E-state index in [9.17, 15) is 0 Å². The van der Waals surface area contributed by atoms with Crippen molar-refractivity contribution in [2.24, 2.45) is 0 Å². The molecular formula is C13H19BrClNO. The summed E-state index contributed by atoms with van der Waals surface area (Å²) in [6.07, 6.45) is 0.0768. The molecular weight excluding hydrogens is 302 g/mol. The van der Waals surface area contributed by atoms with E-state index in [1.807, 2.05) is 25.1 Å². The van der Waals surface area contributed by atoms with Gasteiger partial charge in [0, 0.05) is 16.6 Å². The SMILES string of the molecule is CC(CNC(C)(C)C)Oc1ccc(Br)cc1Cl. The van der Waals surface area contributed by atoms with Crippen LogP contribution >= 0.6 is 27.5 Å². The van der Waals surface area contributed by atoms with Gasteiger partial charge in [0.15, 0.2) is 0 Å². The Morgan fingerprint density at radius 3 is 2.59 bits per heavy atom. The van der Waals surface area contributed by atoms with Gasteiger partial charge in [0.25, 0.3) is 0 Å². The second-order valence-electron chi connectivity index (χ2n) is 5.13. The summed E-state index contributed by atoms with van der Waals surface area (Å²) in [5.41, 5.74) is 0.0983. The van der Waals surface area contributed by atoms with E-state index in [0.717, 1.165) is 16.8 Å². The molecule has 0 fully saturated rings. The van der Waals surface area contributed by atoms with Crippen LogP contribution in [0.2, 0.25) is 5.02 Å². The maximum absolute atomic E-state index is 6.09. The summed E-state index contributed by atoms with van der Waals surface area (Å²) in [5.74, 6) is 0.720. The Bertz CT molecular complexity index is 376. The third-order valence-electron chi connectivity index (χ3n) is 2.14. The molecule has 1 rings (SSSR count). The van der Waals surface area contributed by atoms with Gasteiger partial charge in [-0.15, -0.1) is 0 Å². The van der Waals surface area contributed by atoms with E-state index in [1.54, 1.807) is 0 Å². The number of rotatable bonds is 4. The molecule has 0 aromatic heterocycles. The zero-order valence-corrected chi connectivity index (χ0v) is 13.0. The van der Waals surface area contributed by atoms with Crippen molar-refractivity contribution in [2.45, 2.75) is 39.3 Å². The Balaban J connectivity index is 2.53. The Labute approximate surface area is 117 Å². The molecule has 1 N–H and O–H groups in total. The van der Waals surface area contributed by atoms with Gasteiger partial charge in [0.1, 0.15) is 11.9 Å². The van der Waals surface area contributed by atoms with Crippen molar-refractivity contribution in [2.75, 3.05) is 6.54 Å². The fourth-order valence-corrected chi connectivity index (χ4v) is 2.00. The molecule has 0 saturated carbocycles. The molecule has 1 aromatic rings. The third kappa shape index (κ3) is 5.75. The monoisotopic (exact) mass is 319 g/mol. The first-order valence-electron chi connectivity index (χ1n) is 5.64. The molecule has 0 heterocycles. The van der Waals surface area contributed by atoms with Crippen molar-refractivity contribution in [3.8, 4) is 5.75 Å². The highest BCUT2D eigenvalue weighted by Crippen LogP contribution is 2.28. The van der Waals surface area contributed by atoms with E-state index in [2.05, 4.69) is 42.0 Å². The first-order valence-corrected chi connectivity index (χ1v) is 6.82. The van der Waals surface area contributed by atoms with E-state index in [4.69, 9.17) is 16.3 Å². The zero-order chi connectivity index (χ0) is 13.1. The number of ether oxygens (including phenoxy) is 1. The molecule has 0 saturated heterocycles. The summed E-state index contributed by atoms with van der Waals surface area (Å²) in [7, 11) is 0. The molecule has 1 aromatic carbocycles. The van der Waals surface area contributed by atoms with Gasteiger partial charge in [-0.2, -0.15) is 0 Å². The van der Waals surface area contributed by atoms with Gasteiger partial charge in [-0.05, 0) is 45.9 Å². The largest absolute Gasteiger partial charge is 0.488 e. The standard InChI is InChI=1S/C13H19BrClNO/c1-9(8-16-13(2,3)4)17-12-6-5-10(14)7-11(12)15/h5-7,9,16H,8H2,1-4H3. The molecule has 17 heavy (non-hydrogen) atoms. The van der Waals surface area contributed by atoms with Crippen molar-refractivity contribution in [3.63, 3.8) is 0 Å². The third-order valence-corrected chi connectivity index (χ3v) is 2.93. The molecule has 0 aliphatic carbocycles. The maximum Gasteiger partial charge on any atom is 0.138 e. The van der Waals surface area contributed by atoms with Crippen LogP contribution in [0.5, 0.6) is 5.75 Å². The summed E-state index contributed by atoms with van der Waals surface area (Å²) in [6.45, 7) is 9.21. The van der Waals surface area contributed by atoms with Crippen LogP contribution in [0.3, 0.4) is 0 Å². The molecule has 2 nitrogen and oxygen atoms in total. The van der Waals surface area contributed by atoms with E-state index in [-0.39, 0.29) is 11.6 Å². The number of benzene rings is 1. The first kappa shape index (κ1) is 14.8. The lowest BCUT2D eigenvalue weighted by Gasteiger charge is -2.24. The highest BCUT2D eigenvalue weighted by molar-refractivity contribution is 9.10. The Morgan fingerprint density at radius 1 is 1.41 bits per heavy atom. The lowest BCUT2D eigenvalue weighted by Crippen LogP contribution is -2.41. The van der Waals surface area contributed by atoms with Crippen LogP contribution in [-0.4, -0.2) is 18.2 Å². The summed E-state index contributed by atoms with van der Waals surface area (Å²) in [6, 6.07) is 5.63. The fourth-order valence-electron chi connectivity index (χ4n) is 1.28. The Morgan fingerprint density at radius 2 is 2.06 bits per heavy atom. The minimum absolute atomic E-state index is 0.0768. The van der Waals surface area contributed by atoms with Crippen LogP contribution in [0.1, 0.15) is 27.7 Å². The molecule has 0 spiro atoms. The predicted molar refractivity (Wildman–Crippen MR) is 77.0 cm³/mol. The second kappa shape index (κ2) is 6.07. The molecule has 1 atom stereocenters. The Hall–Kier alpha value is -0.250. The van der Waals surface area contributed by atoms with Crippen LogP contribution in [0.4, 0.5) is 0 Å². The number of hydrogen-bond acceptors (Lipinski definition) is 2. The van der Waals surface area contributed by atoms with Crippen LogP contribution in [-0.2, 0) is 0 Å². The van der Waals surface area contributed by atoms with E-state index in [0.29, 0.717) is 5.02 Å². The smallest absolute Gasteiger partial charge is 0.138 e. The quantitative estimate of drug-likeness (QED) is 0.895. The molecule has 96 valence electrons. The summed E-state index contributed by atoms with van der Waals surface area (Å²) in [5, 5.41) is 4.02. The predicted octanol–water partition coefficient (Wildman–Crippen LogP) is 4.26. The molecule has 0 aliphatic rings. The van der Waals surface area contributed by atoms with E-state index in [1.165, 1.54) is 0 Å². The van der Waals surface area contributed by atoms with Crippen LogP contribution in [0.25, 0.3) is 0 Å². The summed E-state index contributed by atoms with van der Waals surface area (Å²) >= 11 is 9.46. The van der Waals surface area contributed by atoms with Gasteiger partial charge in [-0.25, -0.2) is 0 Å². The minimum Gasteiger partial charge on any atom is -0.488 e. The van der Waals surface area contributed by atoms with Gasteiger partial charge in [-0.1, -0.05) is 27.5 Å². The number of halogens is 2. The fraction of sp³-hybridized carbons (Fsp3) is 0.538. The topological polar surface area (TPSA) is 21.3 Å². The highest BCUT2D eigenvalue weighted by atomic mass is 79.9. The molecule has 1 unspecified atom stereocenters. The van der Waals surface area contributed by atoms with Crippen LogP contribution in [0.15, 0.2) is 22.7 Å². The molecule has 0 amide bonds. The summed E-state index contributed by atoms with van der Waals surface area (Å²) < 4.78 is 6.73. The molecule has 0 bridgehead atoms. The van der Waals surface area contributed by atoms with Crippen LogP contribution < -0.4 is 10.1 Å². The summed E-state index contributed by atoms with van der Waals surface area (Å²) in [4.78, 5) is 0. The molecule has 4 heteroatoms. The zero-order valence-electron chi connectivity index (χ0n) is 10.7. The van der Waals surface area contributed by atoms with E-state index >= 15 is 0 Å². The van der Waals surface area contributed by atoms with Gasteiger partial charge in [0.05, 0.1) is 5.02 Å². The van der Waals surface area contributed by atoms with Crippen molar-refractivity contribution < 1.29 is 4.74 Å².